The standard InChI is InChI=1S/C14H18N2O3/c1-3-4-5-9-19-11-7-6-8-16-12(14(17)18)10(2)15-13(11)16/h6-8H,3-5,9H2,1-2H3,(H,17,18). The predicted octanol–water partition coefficient (Wildman–Crippen LogP) is 2.91. The molecule has 2 rings (SSSR count). The summed E-state index contributed by atoms with van der Waals surface area (Å²) in [5, 5.41) is 9.19. The van der Waals surface area contributed by atoms with E-state index in [0.29, 0.717) is 23.7 Å². The maximum absolute atomic E-state index is 11.2. The number of hydrogen-bond acceptors (Lipinski definition) is 3. The van der Waals surface area contributed by atoms with Crippen LogP contribution >= 0.6 is 0 Å². The molecule has 2 heterocycles. The second-order valence-corrected chi connectivity index (χ2v) is 4.47. The van der Waals surface area contributed by atoms with E-state index < -0.39 is 5.97 Å². The monoisotopic (exact) mass is 262 g/mol. The number of nitrogens with zero attached hydrogens (tertiary/aromatic N) is 2. The van der Waals surface area contributed by atoms with E-state index in [2.05, 4.69) is 11.9 Å². The number of pyridine rings is 1. The van der Waals surface area contributed by atoms with E-state index in [-0.39, 0.29) is 5.69 Å². The van der Waals surface area contributed by atoms with Crippen molar-refractivity contribution in [1.82, 2.24) is 9.38 Å². The van der Waals surface area contributed by atoms with Crippen LogP contribution in [-0.2, 0) is 0 Å². The number of carbonyl (C=O) groups is 1. The fraction of sp³-hybridized carbons (Fsp3) is 0.429. The van der Waals surface area contributed by atoms with Crippen LogP contribution in [0.15, 0.2) is 18.3 Å². The fourth-order valence-electron chi connectivity index (χ4n) is 2.06. The first-order chi connectivity index (χ1) is 9.15. The Kier molecular flexibility index (Phi) is 4.04. The predicted molar refractivity (Wildman–Crippen MR) is 71.9 cm³/mol. The number of aromatic carboxylic acids is 1. The highest BCUT2D eigenvalue weighted by molar-refractivity contribution is 5.88. The average Bonchev–Trinajstić information content (AvgIpc) is 2.71. The largest absolute Gasteiger partial charge is 0.490 e. The number of carboxylic acids is 1. The summed E-state index contributed by atoms with van der Waals surface area (Å²) in [5.74, 6) is -0.345. The molecule has 0 bridgehead atoms. The fourth-order valence-corrected chi connectivity index (χ4v) is 2.06. The van der Waals surface area contributed by atoms with Crippen molar-refractivity contribution in [2.45, 2.75) is 33.1 Å². The van der Waals surface area contributed by atoms with Gasteiger partial charge in [-0.1, -0.05) is 19.8 Å². The smallest absolute Gasteiger partial charge is 0.354 e. The lowest BCUT2D eigenvalue weighted by atomic mass is 10.3. The highest BCUT2D eigenvalue weighted by Gasteiger charge is 2.17. The molecule has 0 aliphatic heterocycles. The average molecular weight is 262 g/mol. The van der Waals surface area contributed by atoms with Gasteiger partial charge in [0.15, 0.2) is 17.1 Å². The number of carboxylic acid groups (broad SMARTS) is 1. The SMILES string of the molecule is CCCCCOc1cccn2c(C(=O)O)c(C)nc12. The number of aryl methyl sites for hydroxylation is 1. The van der Waals surface area contributed by atoms with Gasteiger partial charge >= 0.3 is 5.97 Å². The van der Waals surface area contributed by atoms with Crippen LogP contribution in [0.2, 0.25) is 0 Å². The summed E-state index contributed by atoms with van der Waals surface area (Å²) in [6.45, 7) is 4.46. The maximum Gasteiger partial charge on any atom is 0.354 e. The Hall–Kier alpha value is -2.04. The lowest BCUT2D eigenvalue weighted by Crippen LogP contribution is -2.04. The van der Waals surface area contributed by atoms with Crippen LogP contribution in [0.3, 0.4) is 0 Å². The number of ether oxygens (including phenoxy) is 1. The molecule has 0 aliphatic carbocycles. The third-order valence-corrected chi connectivity index (χ3v) is 3.00. The van der Waals surface area contributed by atoms with Gasteiger partial charge in [-0.05, 0) is 25.5 Å². The third-order valence-electron chi connectivity index (χ3n) is 3.00. The molecule has 0 fully saturated rings. The minimum Gasteiger partial charge on any atom is -0.490 e. The zero-order valence-corrected chi connectivity index (χ0v) is 11.2. The molecule has 0 atom stereocenters. The minimum atomic E-state index is -0.979. The zero-order valence-electron chi connectivity index (χ0n) is 11.2. The summed E-state index contributed by atoms with van der Waals surface area (Å²) >= 11 is 0. The maximum atomic E-state index is 11.2. The van der Waals surface area contributed by atoms with Gasteiger partial charge in [0.1, 0.15) is 0 Å². The van der Waals surface area contributed by atoms with Crippen LogP contribution in [0.25, 0.3) is 5.65 Å². The van der Waals surface area contributed by atoms with Crippen LogP contribution in [0.1, 0.15) is 42.4 Å². The summed E-state index contributed by atoms with van der Waals surface area (Å²) < 4.78 is 7.26. The van der Waals surface area contributed by atoms with Gasteiger partial charge in [0, 0.05) is 6.20 Å². The van der Waals surface area contributed by atoms with Gasteiger partial charge < -0.3 is 9.84 Å². The molecular weight excluding hydrogens is 244 g/mol. The molecule has 102 valence electrons. The molecule has 0 saturated heterocycles. The summed E-state index contributed by atoms with van der Waals surface area (Å²) in [7, 11) is 0. The molecule has 19 heavy (non-hydrogen) atoms. The number of aromatic nitrogens is 2. The van der Waals surface area contributed by atoms with Crippen molar-refractivity contribution in [3.8, 4) is 5.75 Å². The van der Waals surface area contributed by atoms with Gasteiger partial charge in [-0.2, -0.15) is 0 Å². The first-order valence-corrected chi connectivity index (χ1v) is 6.49. The number of hydrogen-bond donors (Lipinski definition) is 1. The van der Waals surface area contributed by atoms with Crippen molar-refractivity contribution in [1.29, 1.82) is 0 Å². The molecule has 5 heteroatoms. The van der Waals surface area contributed by atoms with Crippen molar-refractivity contribution in [3.63, 3.8) is 0 Å². The molecule has 2 aromatic rings. The number of imidazole rings is 1. The topological polar surface area (TPSA) is 63.8 Å². The van der Waals surface area contributed by atoms with E-state index in [1.54, 1.807) is 23.6 Å². The molecule has 0 aliphatic rings. The van der Waals surface area contributed by atoms with Crippen molar-refractivity contribution in [2.24, 2.45) is 0 Å². The third kappa shape index (κ3) is 2.70. The lowest BCUT2D eigenvalue weighted by molar-refractivity contribution is 0.0688. The van der Waals surface area contributed by atoms with E-state index >= 15 is 0 Å². The molecule has 0 spiro atoms. The second kappa shape index (κ2) is 5.73. The molecule has 0 unspecified atom stereocenters. The molecule has 0 radical (unpaired) electrons. The van der Waals surface area contributed by atoms with Crippen molar-refractivity contribution in [3.05, 3.63) is 29.7 Å². The molecule has 2 aromatic heterocycles. The lowest BCUT2D eigenvalue weighted by Gasteiger charge is -2.07. The second-order valence-electron chi connectivity index (χ2n) is 4.47. The molecule has 0 amide bonds. The Morgan fingerprint density at radius 2 is 2.26 bits per heavy atom. The van der Waals surface area contributed by atoms with E-state index in [1.165, 1.54) is 0 Å². The Labute approximate surface area is 111 Å². The quantitative estimate of drug-likeness (QED) is 0.813. The van der Waals surface area contributed by atoms with Gasteiger partial charge in [0.05, 0.1) is 12.3 Å². The summed E-state index contributed by atoms with van der Waals surface area (Å²) in [4.78, 5) is 15.5. The Balaban J connectivity index is 2.30. The molecule has 1 N–H and O–H groups in total. The Bertz CT molecular complexity index is 590. The van der Waals surface area contributed by atoms with Crippen molar-refractivity contribution >= 4 is 11.6 Å². The van der Waals surface area contributed by atoms with E-state index in [9.17, 15) is 9.90 Å². The first-order valence-electron chi connectivity index (χ1n) is 6.49. The van der Waals surface area contributed by atoms with Gasteiger partial charge in [0.25, 0.3) is 0 Å². The van der Waals surface area contributed by atoms with Crippen molar-refractivity contribution in [2.75, 3.05) is 6.61 Å². The summed E-state index contributed by atoms with van der Waals surface area (Å²) in [5.41, 5.74) is 1.25. The normalized spacial score (nSPS) is 10.8. The highest BCUT2D eigenvalue weighted by Crippen LogP contribution is 2.22. The number of fused-ring (bicyclic) bond motifs is 1. The molecule has 0 saturated carbocycles. The van der Waals surface area contributed by atoms with E-state index in [1.807, 2.05) is 6.07 Å². The van der Waals surface area contributed by atoms with Crippen LogP contribution in [0.4, 0.5) is 0 Å². The van der Waals surface area contributed by atoms with Crippen LogP contribution < -0.4 is 4.74 Å². The Morgan fingerprint density at radius 1 is 1.47 bits per heavy atom. The van der Waals surface area contributed by atoms with Gasteiger partial charge in [-0.25, -0.2) is 9.78 Å². The van der Waals surface area contributed by atoms with Gasteiger partial charge in [-0.3, -0.25) is 4.40 Å². The van der Waals surface area contributed by atoms with E-state index in [4.69, 9.17) is 4.74 Å². The highest BCUT2D eigenvalue weighted by atomic mass is 16.5. The van der Waals surface area contributed by atoms with Crippen LogP contribution in [-0.4, -0.2) is 27.1 Å². The zero-order chi connectivity index (χ0) is 13.8. The summed E-state index contributed by atoms with van der Waals surface area (Å²) in [6, 6.07) is 3.59. The summed E-state index contributed by atoms with van der Waals surface area (Å²) in [6.07, 6.45) is 4.94. The Morgan fingerprint density at radius 3 is 2.95 bits per heavy atom. The van der Waals surface area contributed by atoms with E-state index in [0.717, 1.165) is 19.3 Å². The van der Waals surface area contributed by atoms with Gasteiger partial charge in [-0.15, -0.1) is 0 Å². The van der Waals surface area contributed by atoms with Crippen LogP contribution in [0.5, 0.6) is 5.75 Å². The van der Waals surface area contributed by atoms with Crippen molar-refractivity contribution < 1.29 is 14.6 Å². The van der Waals surface area contributed by atoms with Crippen LogP contribution in [0, 0.1) is 6.92 Å². The minimum absolute atomic E-state index is 0.189. The molecule has 0 aromatic carbocycles. The number of unbranched alkanes of at least 4 members (excludes halogenated alkanes) is 2. The van der Waals surface area contributed by atoms with Gasteiger partial charge in [0.2, 0.25) is 0 Å². The number of rotatable bonds is 6. The molecular formula is C14H18N2O3. The molecule has 5 nitrogen and oxygen atoms in total. The first kappa shape index (κ1) is 13.4.